The fourth-order valence-corrected chi connectivity index (χ4v) is 9.15. The van der Waals surface area contributed by atoms with Gasteiger partial charge in [-0.1, -0.05) is 147 Å². The summed E-state index contributed by atoms with van der Waals surface area (Å²) in [6, 6.07) is 53.7. The van der Waals surface area contributed by atoms with Crippen LogP contribution in [0.3, 0.4) is 0 Å². The largest absolute Gasteiger partial charge is 0.135 e. The van der Waals surface area contributed by atoms with Gasteiger partial charge in [-0.3, -0.25) is 0 Å². The lowest BCUT2D eigenvalue weighted by molar-refractivity contribution is 0.667. The molecule has 1 aliphatic carbocycles. The highest BCUT2D eigenvalue weighted by Crippen LogP contribution is 2.57. The van der Waals surface area contributed by atoms with E-state index in [4.69, 9.17) is 0 Å². The van der Waals surface area contributed by atoms with Crippen LogP contribution in [0, 0.1) is 0 Å². The molecule has 0 saturated heterocycles. The molecule has 1 heteroatoms. The van der Waals surface area contributed by atoms with Crippen molar-refractivity contribution < 1.29 is 0 Å². The van der Waals surface area contributed by atoms with E-state index in [1.165, 1.54) is 86.6 Å². The quantitative estimate of drug-likeness (QED) is 0.183. The maximum Gasteiger partial charge on any atom is 0.0399 e. The van der Waals surface area contributed by atoms with Crippen molar-refractivity contribution in [3.8, 4) is 43.8 Å². The molecule has 0 spiro atoms. The number of benzene rings is 7. The van der Waals surface area contributed by atoms with Crippen molar-refractivity contribution in [3.05, 3.63) is 157 Å². The summed E-state index contributed by atoms with van der Waals surface area (Å²) in [5.41, 5.74) is 11.9. The molecule has 0 saturated carbocycles. The molecule has 0 N–H and O–H groups in total. The van der Waals surface area contributed by atoms with Crippen LogP contribution in [0.1, 0.15) is 25.0 Å². The highest BCUT2D eigenvalue weighted by atomic mass is 32.1. The van der Waals surface area contributed by atoms with Crippen LogP contribution in [-0.4, -0.2) is 0 Å². The zero-order chi connectivity index (χ0) is 29.4. The van der Waals surface area contributed by atoms with Crippen molar-refractivity contribution >= 4 is 43.0 Å². The highest BCUT2D eigenvalue weighted by Gasteiger charge is 2.39. The van der Waals surface area contributed by atoms with E-state index in [-0.39, 0.29) is 5.41 Å². The monoisotopic (exact) mass is 578 g/mol. The first kappa shape index (κ1) is 25.5. The van der Waals surface area contributed by atoms with E-state index in [0.29, 0.717) is 0 Å². The molecule has 8 aromatic rings. The van der Waals surface area contributed by atoms with Gasteiger partial charge in [0.05, 0.1) is 0 Å². The lowest BCUT2D eigenvalue weighted by Gasteiger charge is -2.23. The van der Waals surface area contributed by atoms with Gasteiger partial charge in [-0.2, -0.15) is 0 Å². The van der Waals surface area contributed by atoms with Gasteiger partial charge in [0, 0.05) is 20.4 Å². The van der Waals surface area contributed by atoms with Crippen molar-refractivity contribution in [3.63, 3.8) is 0 Å². The first-order chi connectivity index (χ1) is 21.6. The first-order valence-electron chi connectivity index (χ1n) is 15.4. The molecule has 0 radical (unpaired) electrons. The van der Waals surface area contributed by atoms with E-state index >= 15 is 0 Å². The third-order valence-corrected chi connectivity index (χ3v) is 10.8. The average molecular weight is 579 g/mol. The Morgan fingerprint density at radius 2 is 1.00 bits per heavy atom. The maximum absolute atomic E-state index is 2.40. The highest BCUT2D eigenvalue weighted by molar-refractivity contribution is 7.22. The Morgan fingerprint density at radius 1 is 0.455 bits per heavy atom. The molecule has 9 rings (SSSR count). The smallest absolute Gasteiger partial charge is 0.0399 e. The second-order valence-electron chi connectivity index (χ2n) is 12.4. The molecule has 1 aliphatic rings. The Kier molecular flexibility index (Phi) is 5.51. The number of hydrogen-bond acceptors (Lipinski definition) is 1. The molecule has 0 aliphatic heterocycles. The van der Waals surface area contributed by atoms with Crippen molar-refractivity contribution in [2.24, 2.45) is 0 Å². The number of hydrogen-bond donors (Lipinski definition) is 0. The van der Waals surface area contributed by atoms with E-state index in [9.17, 15) is 0 Å². The predicted molar refractivity (Wildman–Crippen MR) is 191 cm³/mol. The van der Waals surface area contributed by atoms with Gasteiger partial charge in [-0.25, -0.2) is 0 Å². The summed E-state index contributed by atoms with van der Waals surface area (Å²) >= 11 is 1.95. The van der Waals surface area contributed by atoms with Crippen LogP contribution in [0.25, 0.3) is 75.5 Å². The van der Waals surface area contributed by atoms with Gasteiger partial charge in [0.1, 0.15) is 0 Å². The van der Waals surface area contributed by atoms with Crippen molar-refractivity contribution in [2.75, 3.05) is 0 Å². The summed E-state index contributed by atoms with van der Waals surface area (Å²) < 4.78 is 1.36. The van der Waals surface area contributed by atoms with Crippen LogP contribution < -0.4 is 0 Å². The van der Waals surface area contributed by atoms with Crippen LogP contribution >= 0.6 is 11.3 Å². The Hall–Kier alpha value is -4.98. The van der Waals surface area contributed by atoms with E-state index in [1.54, 1.807) is 0 Å². The van der Waals surface area contributed by atoms with Crippen molar-refractivity contribution in [1.29, 1.82) is 0 Å². The molecule has 0 atom stereocenters. The fraction of sp³-hybridized carbons (Fsp3) is 0.0698. The Labute approximate surface area is 261 Å². The summed E-state index contributed by atoms with van der Waals surface area (Å²) in [5.74, 6) is 0. The molecule has 0 nitrogen and oxygen atoms in total. The SMILES string of the molecule is CC1(C)c2ccccc2-c2sc3cccc(-c4c5ccccc5c(-c5cccc(-c6ccccc6)c5)c5ccccc45)c3c21. The standard InChI is InChI=1S/C43H30S/c1-43(2)36-24-11-10-22-34(36)42-41(43)40-35(23-13-25-37(40)44-42)39-32-20-8-6-18-30(32)38(31-19-7-9-21-33(31)39)29-17-12-16-28(26-29)27-14-4-3-5-15-27/h3-26H,1-2H3. The second-order valence-corrected chi connectivity index (χ2v) is 13.5. The normalized spacial score (nSPS) is 13.4. The molecule has 1 aromatic heterocycles. The molecule has 0 fully saturated rings. The number of thiophene rings is 1. The summed E-state index contributed by atoms with van der Waals surface area (Å²) in [5, 5.41) is 6.58. The Balaban J connectivity index is 1.38. The number of fused-ring (bicyclic) bond motifs is 7. The van der Waals surface area contributed by atoms with E-state index in [2.05, 4.69) is 159 Å². The van der Waals surface area contributed by atoms with Crippen molar-refractivity contribution in [1.82, 2.24) is 0 Å². The number of rotatable bonds is 3. The molecule has 208 valence electrons. The minimum atomic E-state index is -0.0658. The van der Waals surface area contributed by atoms with Gasteiger partial charge in [0.2, 0.25) is 0 Å². The summed E-state index contributed by atoms with van der Waals surface area (Å²) in [4.78, 5) is 1.43. The van der Waals surface area contributed by atoms with Gasteiger partial charge < -0.3 is 0 Å². The third kappa shape index (κ3) is 3.57. The van der Waals surface area contributed by atoms with Gasteiger partial charge in [-0.05, 0) is 83.7 Å². The molecule has 0 bridgehead atoms. The minimum absolute atomic E-state index is 0.0658. The molecular formula is C43H30S. The van der Waals surface area contributed by atoms with Crippen LogP contribution in [0.4, 0.5) is 0 Å². The first-order valence-corrected chi connectivity index (χ1v) is 16.2. The zero-order valence-corrected chi connectivity index (χ0v) is 25.6. The van der Waals surface area contributed by atoms with Crippen LogP contribution in [-0.2, 0) is 5.41 Å². The van der Waals surface area contributed by atoms with Gasteiger partial charge in [0.15, 0.2) is 0 Å². The van der Waals surface area contributed by atoms with Gasteiger partial charge in [-0.15, -0.1) is 11.3 Å². The topological polar surface area (TPSA) is 0 Å². The minimum Gasteiger partial charge on any atom is -0.135 e. The summed E-state index contributed by atoms with van der Waals surface area (Å²) in [6.45, 7) is 4.80. The van der Waals surface area contributed by atoms with Crippen LogP contribution in [0.15, 0.2) is 146 Å². The Morgan fingerprint density at radius 3 is 1.73 bits per heavy atom. The molecule has 7 aromatic carbocycles. The third-order valence-electron chi connectivity index (χ3n) is 9.64. The molecular weight excluding hydrogens is 549 g/mol. The van der Waals surface area contributed by atoms with E-state index in [1.807, 2.05) is 11.3 Å². The lowest BCUT2D eigenvalue weighted by atomic mass is 9.79. The average Bonchev–Trinajstić information content (AvgIpc) is 3.58. The Bertz CT molecular complexity index is 2350. The van der Waals surface area contributed by atoms with Gasteiger partial charge in [0.25, 0.3) is 0 Å². The summed E-state index contributed by atoms with van der Waals surface area (Å²) in [7, 11) is 0. The van der Waals surface area contributed by atoms with E-state index < -0.39 is 0 Å². The van der Waals surface area contributed by atoms with E-state index in [0.717, 1.165) is 0 Å². The van der Waals surface area contributed by atoms with Crippen LogP contribution in [0.5, 0.6) is 0 Å². The summed E-state index contributed by atoms with van der Waals surface area (Å²) in [6.07, 6.45) is 0. The molecule has 0 amide bonds. The maximum atomic E-state index is 2.40. The molecule has 0 unspecified atom stereocenters. The molecule has 44 heavy (non-hydrogen) atoms. The van der Waals surface area contributed by atoms with Crippen LogP contribution in [0.2, 0.25) is 0 Å². The predicted octanol–water partition coefficient (Wildman–Crippen LogP) is 12.5. The van der Waals surface area contributed by atoms with Gasteiger partial charge >= 0.3 is 0 Å². The second kappa shape index (κ2) is 9.51. The molecule has 1 heterocycles. The zero-order valence-electron chi connectivity index (χ0n) is 24.8. The van der Waals surface area contributed by atoms with Crippen molar-refractivity contribution in [2.45, 2.75) is 19.3 Å². The fourth-order valence-electron chi connectivity index (χ4n) is 7.72. The lowest BCUT2D eigenvalue weighted by Crippen LogP contribution is -2.15.